The van der Waals surface area contributed by atoms with Gasteiger partial charge in [0.1, 0.15) is 0 Å². The fourth-order valence-corrected chi connectivity index (χ4v) is 1.03. The average molecular weight is 231 g/mol. The lowest BCUT2D eigenvalue weighted by atomic mass is 10.1. The van der Waals surface area contributed by atoms with Crippen LogP contribution in [-0.4, -0.2) is 13.0 Å². The van der Waals surface area contributed by atoms with Crippen molar-refractivity contribution in [1.29, 1.82) is 0 Å². The van der Waals surface area contributed by atoms with Gasteiger partial charge >= 0.3 is 10.3 Å². The first kappa shape index (κ1) is 14.1. The van der Waals surface area contributed by atoms with Gasteiger partial charge in [0.25, 0.3) is 0 Å². The molecule has 3 N–H and O–H groups in total. The first-order valence-corrected chi connectivity index (χ1v) is 6.23. The van der Waals surface area contributed by atoms with Crippen LogP contribution in [0.3, 0.4) is 0 Å². The summed E-state index contributed by atoms with van der Waals surface area (Å²) < 4.78 is 25.2. The summed E-state index contributed by atoms with van der Waals surface area (Å²) in [5.74, 6) is 0. The van der Waals surface area contributed by atoms with E-state index in [1.807, 2.05) is 0 Å². The average Bonchev–Trinajstić information content (AvgIpc) is 2.14. The minimum atomic E-state index is -4.17. The number of hydrogen-bond acceptors (Lipinski definition) is 2. The van der Waals surface area contributed by atoms with E-state index in [2.05, 4.69) is 42.4 Å². The van der Waals surface area contributed by atoms with E-state index in [4.69, 9.17) is 13.0 Å². The lowest BCUT2D eigenvalue weighted by molar-refractivity contribution is 0.485. The quantitative estimate of drug-likeness (QED) is 0.778. The van der Waals surface area contributed by atoms with Gasteiger partial charge in [0, 0.05) is 0 Å². The van der Waals surface area contributed by atoms with Crippen LogP contribution in [-0.2, 0) is 16.7 Å². The summed E-state index contributed by atoms with van der Waals surface area (Å²) in [6.07, 6.45) is 3.83. The number of aryl methyl sites for hydroxylation is 1. The van der Waals surface area contributed by atoms with Crippen molar-refractivity contribution in [1.82, 2.24) is 0 Å². The summed E-state index contributed by atoms with van der Waals surface area (Å²) in [6.45, 7) is 2.23. The second-order valence-electron chi connectivity index (χ2n) is 3.10. The van der Waals surface area contributed by atoms with Crippen LogP contribution < -0.4 is 5.14 Å². The Morgan fingerprint density at radius 1 is 1.27 bits per heavy atom. The van der Waals surface area contributed by atoms with E-state index >= 15 is 0 Å². The van der Waals surface area contributed by atoms with Crippen molar-refractivity contribution in [3.8, 4) is 0 Å². The maximum atomic E-state index is 8.97. The van der Waals surface area contributed by atoms with Crippen molar-refractivity contribution in [3.63, 3.8) is 0 Å². The zero-order chi connectivity index (χ0) is 11.7. The van der Waals surface area contributed by atoms with E-state index in [-0.39, 0.29) is 0 Å². The largest absolute Gasteiger partial charge is 0.330 e. The summed E-state index contributed by atoms with van der Waals surface area (Å²) in [4.78, 5) is 0. The van der Waals surface area contributed by atoms with Crippen molar-refractivity contribution < 1.29 is 13.0 Å². The van der Waals surface area contributed by atoms with Crippen molar-refractivity contribution in [3.05, 3.63) is 35.9 Å². The van der Waals surface area contributed by atoms with E-state index in [0.29, 0.717) is 0 Å². The lowest BCUT2D eigenvalue weighted by Gasteiger charge is -1.96. The third-order valence-corrected chi connectivity index (χ3v) is 1.66. The Bertz CT molecular complexity index is 340. The van der Waals surface area contributed by atoms with Crippen LogP contribution >= 0.6 is 0 Å². The molecule has 5 heteroatoms. The van der Waals surface area contributed by atoms with E-state index in [9.17, 15) is 0 Å². The van der Waals surface area contributed by atoms with E-state index < -0.39 is 10.3 Å². The Labute approximate surface area is 91.0 Å². The molecule has 0 heterocycles. The van der Waals surface area contributed by atoms with Crippen LogP contribution in [0.5, 0.6) is 0 Å². The van der Waals surface area contributed by atoms with Gasteiger partial charge in [0.15, 0.2) is 0 Å². The molecular formula is C10H17NO3S. The Morgan fingerprint density at radius 3 is 2.13 bits per heavy atom. The van der Waals surface area contributed by atoms with Gasteiger partial charge in [-0.2, -0.15) is 8.42 Å². The zero-order valence-corrected chi connectivity index (χ0v) is 9.57. The SMILES string of the molecule is CCCCc1ccccc1.NS(=O)(=O)O. The third-order valence-electron chi connectivity index (χ3n) is 1.66. The highest BCUT2D eigenvalue weighted by Gasteiger charge is 1.87. The Hall–Kier alpha value is -0.910. The number of benzene rings is 1. The van der Waals surface area contributed by atoms with Crippen LogP contribution in [0, 0.1) is 0 Å². The van der Waals surface area contributed by atoms with Gasteiger partial charge in [0.2, 0.25) is 0 Å². The first-order valence-electron chi connectivity index (χ1n) is 4.72. The Balaban J connectivity index is 0.000000336. The van der Waals surface area contributed by atoms with Gasteiger partial charge in [-0.25, -0.2) is 5.14 Å². The summed E-state index contributed by atoms with van der Waals surface area (Å²) in [5.41, 5.74) is 1.46. The summed E-state index contributed by atoms with van der Waals surface area (Å²) >= 11 is 0. The molecule has 1 rings (SSSR count). The molecule has 0 unspecified atom stereocenters. The zero-order valence-electron chi connectivity index (χ0n) is 8.76. The van der Waals surface area contributed by atoms with Crippen LogP contribution in [0.1, 0.15) is 25.3 Å². The molecule has 1 aromatic carbocycles. The highest BCUT2D eigenvalue weighted by atomic mass is 32.2. The molecule has 0 aromatic heterocycles. The monoisotopic (exact) mass is 231 g/mol. The smallest absolute Gasteiger partial charge is 0.274 e. The van der Waals surface area contributed by atoms with Crippen molar-refractivity contribution in [2.45, 2.75) is 26.2 Å². The molecule has 15 heavy (non-hydrogen) atoms. The second-order valence-corrected chi connectivity index (χ2v) is 4.13. The molecule has 0 bridgehead atoms. The molecule has 0 aliphatic rings. The maximum Gasteiger partial charge on any atom is 0.330 e. The highest BCUT2D eigenvalue weighted by Crippen LogP contribution is 2.03. The van der Waals surface area contributed by atoms with Crippen LogP contribution in [0.2, 0.25) is 0 Å². The molecule has 86 valence electrons. The molecule has 0 aliphatic heterocycles. The fourth-order valence-electron chi connectivity index (χ4n) is 1.03. The number of rotatable bonds is 3. The lowest BCUT2D eigenvalue weighted by Crippen LogP contribution is -2.08. The number of nitrogens with two attached hydrogens (primary N) is 1. The normalized spacial score (nSPS) is 10.3. The standard InChI is InChI=1S/C10H14.H3NO3S/c1-2-3-7-10-8-5-4-6-9-10;1-5(2,3)4/h4-6,8-9H,2-3,7H2,1H3;(H3,1,2,3,4). The predicted molar refractivity (Wildman–Crippen MR) is 60.8 cm³/mol. The molecule has 0 spiro atoms. The predicted octanol–water partition coefficient (Wildman–Crippen LogP) is 1.78. The first-order chi connectivity index (χ1) is 6.93. The van der Waals surface area contributed by atoms with Crippen LogP contribution in [0.4, 0.5) is 0 Å². The maximum absolute atomic E-state index is 8.97. The number of unbranched alkanes of at least 4 members (excludes halogenated alkanes) is 1. The molecule has 4 nitrogen and oxygen atoms in total. The molecular weight excluding hydrogens is 214 g/mol. The van der Waals surface area contributed by atoms with Gasteiger partial charge in [-0.1, -0.05) is 43.7 Å². The molecule has 0 atom stereocenters. The van der Waals surface area contributed by atoms with Gasteiger partial charge < -0.3 is 0 Å². The van der Waals surface area contributed by atoms with E-state index in [1.54, 1.807) is 0 Å². The summed E-state index contributed by atoms with van der Waals surface area (Å²) in [5, 5.41) is 3.88. The van der Waals surface area contributed by atoms with Crippen LogP contribution in [0.15, 0.2) is 30.3 Å². The molecule has 0 amide bonds. The molecule has 0 fully saturated rings. The molecule has 0 saturated carbocycles. The van der Waals surface area contributed by atoms with Crippen molar-refractivity contribution in [2.75, 3.05) is 0 Å². The molecule has 0 radical (unpaired) electrons. The summed E-state index contributed by atoms with van der Waals surface area (Å²) in [6, 6.07) is 10.6. The molecule has 1 aromatic rings. The fraction of sp³-hybridized carbons (Fsp3) is 0.400. The Kier molecular flexibility index (Phi) is 6.94. The Morgan fingerprint density at radius 2 is 1.73 bits per heavy atom. The van der Waals surface area contributed by atoms with Crippen molar-refractivity contribution >= 4 is 10.3 Å². The highest BCUT2D eigenvalue weighted by molar-refractivity contribution is 7.83. The van der Waals surface area contributed by atoms with Crippen LogP contribution in [0.25, 0.3) is 0 Å². The minimum Gasteiger partial charge on any atom is -0.274 e. The van der Waals surface area contributed by atoms with Gasteiger partial charge in [0.05, 0.1) is 0 Å². The second kappa shape index (κ2) is 7.39. The van der Waals surface area contributed by atoms with Crippen molar-refractivity contribution in [2.24, 2.45) is 5.14 Å². The van der Waals surface area contributed by atoms with Gasteiger partial charge in [-0.3, -0.25) is 4.55 Å². The van der Waals surface area contributed by atoms with Gasteiger partial charge in [-0.15, -0.1) is 0 Å². The molecule has 0 saturated heterocycles. The minimum absolute atomic E-state index is 1.23. The van der Waals surface area contributed by atoms with E-state index in [0.717, 1.165) is 0 Å². The van der Waals surface area contributed by atoms with Gasteiger partial charge in [-0.05, 0) is 18.4 Å². The topological polar surface area (TPSA) is 80.4 Å². The summed E-state index contributed by atoms with van der Waals surface area (Å²) in [7, 11) is -4.17. The van der Waals surface area contributed by atoms with E-state index in [1.165, 1.54) is 24.8 Å². The number of hydrogen-bond donors (Lipinski definition) is 2. The molecule has 0 aliphatic carbocycles. The third kappa shape index (κ3) is 13.1.